The van der Waals surface area contributed by atoms with E-state index in [4.69, 9.17) is 0 Å². The van der Waals surface area contributed by atoms with Crippen LogP contribution in [0, 0.1) is 17.5 Å². The highest BCUT2D eigenvalue weighted by Gasteiger charge is 2.41. The van der Waals surface area contributed by atoms with Crippen LogP contribution in [0.5, 0.6) is 0 Å². The summed E-state index contributed by atoms with van der Waals surface area (Å²) in [5, 5.41) is 6.27. The van der Waals surface area contributed by atoms with Gasteiger partial charge in [-0.2, -0.15) is 0 Å². The smallest absolute Gasteiger partial charge is 0.227 e. The Kier molecular flexibility index (Phi) is 7.56. The predicted molar refractivity (Wildman–Crippen MR) is 143 cm³/mol. The summed E-state index contributed by atoms with van der Waals surface area (Å²) < 4.78 is 40.9. The van der Waals surface area contributed by atoms with Gasteiger partial charge in [0.25, 0.3) is 0 Å². The molecule has 2 aliphatic heterocycles. The van der Waals surface area contributed by atoms with Gasteiger partial charge in [0.15, 0.2) is 0 Å². The average Bonchev–Trinajstić information content (AvgIpc) is 2.91. The second-order valence-electron chi connectivity index (χ2n) is 10.5. The Hall–Kier alpha value is -3.58. The molecule has 0 aromatic heterocycles. The summed E-state index contributed by atoms with van der Waals surface area (Å²) in [6, 6.07) is 17.0. The van der Waals surface area contributed by atoms with Crippen molar-refractivity contribution in [3.8, 4) is 0 Å². The fourth-order valence-electron chi connectivity index (χ4n) is 5.82. The molecule has 2 heterocycles. The van der Waals surface area contributed by atoms with Gasteiger partial charge in [0.2, 0.25) is 5.91 Å². The second-order valence-corrected chi connectivity index (χ2v) is 10.5. The minimum absolute atomic E-state index is 0.140. The van der Waals surface area contributed by atoms with Gasteiger partial charge in [-0.25, -0.2) is 13.2 Å². The summed E-state index contributed by atoms with van der Waals surface area (Å²) in [5.74, 6) is -1.49. The van der Waals surface area contributed by atoms with Crippen molar-refractivity contribution >= 4 is 11.6 Å². The molecule has 0 bridgehead atoms. The van der Waals surface area contributed by atoms with Crippen LogP contribution in [0.3, 0.4) is 0 Å². The van der Waals surface area contributed by atoms with E-state index in [9.17, 15) is 18.0 Å². The normalized spacial score (nSPS) is 17.5. The number of rotatable bonds is 7. The summed E-state index contributed by atoms with van der Waals surface area (Å²) in [6.45, 7) is 6.81. The lowest BCUT2D eigenvalue weighted by molar-refractivity contribution is -0.123. The van der Waals surface area contributed by atoms with E-state index < -0.39 is 5.92 Å². The van der Waals surface area contributed by atoms with Gasteiger partial charge < -0.3 is 15.5 Å². The number of hydrogen-bond donors (Lipinski definition) is 2. The molecule has 5 rings (SSSR count). The molecule has 38 heavy (non-hydrogen) atoms. The molecule has 1 amide bonds. The first kappa shape index (κ1) is 26.0. The van der Waals surface area contributed by atoms with Crippen LogP contribution < -0.4 is 10.6 Å². The lowest BCUT2D eigenvalue weighted by Crippen LogP contribution is -2.45. The number of anilines is 1. The maximum atomic E-state index is 14.1. The summed E-state index contributed by atoms with van der Waals surface area (Å²) in [5.41, 5.74) is 4.33. The third-order valence-electron chi connectivity index (χ3n) is 7.93. The van der Waals surface area contributed by atoms with E-state index in [0.717, 1.165) is 60.4 Å². The van der Waals surface area contributed by atoms with E-state index in [1.807, 2.05) is 0 Å². The molecular weight excluding hydrogens is 487 g/mol. The van der Waals surface area contributed by atoms with Crippen LogP contribution in [0.1, 0.15) is 48.3 Å². The summed E-state index contributed by atoms with van der Waals surface area (Å²) in [4.78, 5) is 15.6. The van der Waals surface area contributed by atoms with Crippen molar-refractivity contribution in [3.63, 3.8) is 0 Å². The number of allylic oxidation sites excluding steroid dienone is 1. The highest BCUT2D eigenvalue weighted by molar-refractivity contribution is 5.83. The quantitative estimate of drug-likeness (QED) is 0.388. The first-order valence-corrected chi connectivity index (χ1v) is 13.1. The molecule has 3 aromatic carbocycles. The summed E-state index contributed by atoms with van der Waals surface area (Å²) in [7, 11) is 0. The Balaban J connectivity index is 1.24. The zero-order valence-corrected chi connectivity index (χ0v) is 21.3. The minimum Gasteiger partial charge on any atom is -0.359 e. The van der Waals surface area contributed by atoms with Gasteiger partial charge in [-0.1, -0.05) is 30.8 Å². The third-order valence-corrected chi connectivity index (χ3v) is 7.93. The fraction of sp³-hybridized carbons (Fsp3) is 0.323. The van der Waals surface area contributed by atoms with Gasteiger partial charge in [0.1, 0.15) is 17.5 Å². The number of carbonyl (C=O) groups excluding carboxylic acids is 1. The minimum atomic E-state index is -0.444. The number of fused-ring (bicyclic) bond motifs is 2. The fourth-order valence-corrected chi connectivity index (χ4v) is 5.82. The van der Waals surface area contributed by atoms with Crippen molar-refractivity contribution in [2.24, 2.45) is 0 Å². The van der Waals surface area contributed by atoms with Crippen molar-refractivity contribution in [1.82, 2.24) is 10.2 Å². The molecule has 0 saturated carbocycles. The first-order valence-electron chi connectivity index (χ1n) is 13.1. The Morgan fingerprint density at radius 1 is 0.947 bits per heavy atom. The first-order chi connectivity index (χ1) is 18.3. The van der Waals surface area contributed by atoms with Gasteiger partial charge in [0, 0.05) is 23.3 Å². The molecule has 1 atom stereocenters. The molecular formula is C31H32F3N3O. The van der Waals surface area contributed by atoms with E-state index in [-0.39, 0.29) is 35.3 Å². The zero-order chi connectivity index (χ0) is 26.7. The van der Waals surface area contributed by atoms with E-state index in [0.29, 0.717) is 13.0 Å². The highest BCUT2D eigenvalue weighted by Crippen LogP contribution is 2.47. The topological polar surface area (TPSA) is 44.4 Å². The van der Waals surface area contributed by atoms with Crippen LogP contribution in [0.15, 0.2) is 79.0 Å². The average molecular weight is 520 g/mol. The van der Waals surface area contributed by atoms with Crippen molar-refractivity contribution in [3.05, 3.63) is 113 Å². The van der Waals surface area contributed by atoms with Gasteiger partial charge in [-0.05, 0) is 104 Å². The van der Waals surface area contributed by atoms with Crippen LogP contribution >= 0.6 is 0 Å². The number of piperidine rings is 1. The lowest BCUT2D eigenvalue weighted by atomic mass is 9.67. The molecule has 2 N–H and O–H groups in total. The number of nitrogens with one attached hydrogen (secondary N) is 2. The molecule has 7 heteroatoms. The van der Waals surface area contributed by atoms with E-state index in [1.165, 1.54) is 30.3 Å². The maximum Gasteiger partial charge on any atom is 0.227 e. The Bertz CT molecular complexity index is 1300. The van der Waals surface area contributed by atoms with Crippen LogP contribution in [0.25, 0.3) is 0 Å². The van der Waals surface area contributed by atoms with Crippen molar-refractivity contribution in [1.29, 1.82) is 0 Å². The van der Waals surface area contributed by atoms with Crippen LogP contribution in [0.2, 0.25) is 0 Å². The van der Waals surface area contributed by atoms with Crippen molar-refractivity contribution in [2.75, 3.05) is 25.0 Å². The third kappa shape index (κ3) is 5.78. The lowest BCUT2D eigenvalue weighted by Gasteiger charge is -2.46. The zero-order valence-electron chi connectivity index (χ0n) is 21.3. The number of halogens is 3. The van der Waals surface area contributed by atoms with Gasteiger partial charge in [-0.3, -0.25) is 4.79 Å². The van der Waals surface area contributed by atoms with Crippen LogP contribution in [0.4, 0.5) is 18.9 Å². The standard InChI is InChI=1S/C31H32F3N3O/c1-21-19-31(28-18-26(34)10-11-29(28)36-21)13-16-37(17-14-31)15-12-27(23-4-8-25(33)9-5-23)30(38)35-20-22-2-6-24(32)7-3-22/h2-11,18,27,36H,1,12-17,19-20H2,(H,35,38). The SMILES string of the molecule is C=C1CC2(CCN(CCC(C(=O)NCc3ccc(F)cc3)c3ccc(F)cc3)CC2)c2cc(F)ccc2N1. The molecule has 198 valence electrons. The molecule has 1 saturated heterocycles. The molecule has 3 aromatic rings. The molecule has 0 radical (unpaired) electrons. The molecule has 2 aliphatic rings. The number of benzene rings is 3. The summed E-state index contributed by atoms with van der Waals surface area (Å²) >= 11 is 0. The molecule has 1 fully saturated rings. The molecule has 1 spiro atoms. The van der Waals surface area contributed by atoms with Crippen LogP contribution in [-0.2, 0) is 16.8 Å². The number of likely N-dealkylation sites (tertiary alicyclic amines) is 1. The van der Waals surface area contributed by atoms with Gasteiger partial charge >= 0.3 is 0 Å². The number of hydrogen-bond acceptors (Lipinski definition) is 3. The molecule has 0 aliphatic carbocycles. The predicted octanol–water partition coefficient (Wildman–Crippen LogP) is 6.26. The number of carbonyl (C=O) groups is 1. The van der Waals surface area contributed by atoms with Crippen molar-refractivity contribution in [2.45, 2.75) is 43.6 Å². The Morgan fingerprint density at radius 3 is 2.26 bits per heavy atom. The van der Waals surface area contributed by atoms with E-state index in [2.05, 4.69) is 22.1 Å². The van der Waals surface area contributed by atoms with Crippen molar-refractivity contribution < 1.29 is 18.0 Å². The number of nitrogens with zero attached hydrogens (tertiary/aromatic N) is 1. The Labute approximate surface area is 221 Å². The number of amides is 1. The second kappa shape index (κ2) is 11.0. The molecule has 4 nitrogen and oxygen atoms in total. The Morgan fingerprint density at radius 2 is 1.58 bits per heavy atom. The van der Waals surface area contributed by atoms with Gasteiger partial charge in [0.05, 0.1) is 5.92 Å². The molecule has 1 unspecified atom stereocenters. The summed E-state index contributed by atoms with van der Waals surface area (Å²) in [6.07, 6.45) is 3.11. The monoisotopic (exact) mass is 519 g/mol. The highest BCUT2D eigenvalue weighted by atomic mass is 19.1. The van der Waals surface area contributed by atoms with E-state index >= 15 is 0 Å². The van der Waals surface area contributed by atoms with E-state index in [1.54, 1.807) is 36.4 Å². The largest absolute Gasteiger partial charge is 0.359 e. The van der Waals surface area contributed by atoms with Gasteiger partial charge in [-0.15, -0.1) is 0 Å². The van der Waals surface area contributed by atoms with Crippen LogP contribution in [-0.4, -0.2) is 30.4 Å². The maximum absolute atomic E-state index is 14.1.